The van der Waals surface area contributed by atoms with Crippen molar-refractivity contribution in [3.8, 4) is 0 Å². The van der Waals surface area contributed by atoms with Crippen molar-refractivity contribution in [3.05, 3.63) is 65.2 Å². The van der Waals surface area contributed by atoms with Crippen LogP contribution < -0.4 is 27.8 Å². The number of carbonyl (C=O) groups excluding carboxylic acids is 1. The maximum absolute atomic E-state index is 12.9. The van der Waals surface area contributed by atoms with Gasteiger partial charge in [0, 0.05) is 36.5 Å². The predicted molar refractivity (Wildman–Crippen MR) is 154 cm³/mol. The van der Waals surface area contributed by atoms with Crippen LogP contribution in [0.3, 0.4) is 0 Å². The number of H-pyrrole nitrogens is 2. The van der Waals surface area contributed by atoms with E-state index in [2.05, 4.69) is 9.84 Å². The minimum Gasteiger partial charge on any atom is -0.395 e. The van der Waals surface area contributed by atoms with E-state index in [1.165, 1.54) is 6.92 Å². The monoisotopic (exact) mass is 729 g/mol. The standard InChI is InChI=1S/C23H33N5O18P2/c1-10-6-27(22(35)25-19(10)33)16-5-12(13(44-16)8-42-47(37,38)39)46-48(40,41)43-9-14-17(31)18(32)21(45-14)28-7-11(20(34)26-23(28)36)4-15(30)24-2-3-29/h6-7,12-14,16-18,21,29,31-32H,2-5,8-9H2,1H3,(H,24,30)(H,40,41)(H,25,33,35)(H,26,34,36)(H2,37,38,39)/t12-,13+,14+,16+,17+,18+,21+/m0/s1. The molecule has 25 heteroatoms. The predicted octanol–water partition coefficient (Wildman–Crippen LogP) is -4.44. The first-order valence-electron chi connectivity index (χ1n) is 14.0. The van der Waals surface area contributed by atoms with Crippen molar-refractivity contribution in [2.75, 3.05) is 26.4 Å². The van der Waals surface area contributed by atoms with Gasteiger partial charge in [-0.3, -0.25) is 47.1 Å². The van der Waals surface area contributed by atoms with Crippen LogP contribution in [0.2, 0.25) is 0 Å². The van der Waals surface area contributed by atoms with Crippen molar-refractivity contribution in [3.63, 3.8) is 0 Å². The highest BCUT2D eigenvalue weighted by molar-refractivity contribution is 7.47. The Morgan fingerprint density at radius 3 is 2.27 bits per heavy atom. The first-order valence-corrected chi connectivity index (χ1v) is 17.0. The molecule has 0 aliphatic carbocycles. The van der Waals surface area contributed by atoms with Crippen LogP contribution in [0.4, 0.5) is 0 Å². The highest BCUT2D eigenvalue weighted by Crippen LogP contribution is 2.49. The van der Waals surface area contributed by atoms with Gasteiger partial charge < -0.3 is 44.8 Å². The molecule has 23 nitrogen and oxygen atoms in total. The number of aromatic nitrogens is 4. The Labute approximate surface area is 267 Å². The number of ether oxygens (including phenoxy) is 2. The smallest absolute Gasteiger partial charge is 0.395 e. The van der Waals surface area contributed by atoms with Gasteiger partial charge in [-0.2, -0.15) is 0 Å². The van der Waals surface area contributed by atoms with Crippen molar-refractivity contribution < 1.29 is 67.0 Å². The molecule has 2 aromatic heterocycles. The van der Waals surface area contributed by atoms with E-state index in [9.17, 15) is 48.2 Å². The summed E-state index contributed by atoms with van der Waals surface area (Å²) >= 11 is 0. The van der Waals surface area contributed by atoms with E-state index >= 15 is 0 Å². The fourth-order valence-corrected chi connectivity index (χ4v) is 6.14. The van der Waals surface area contributed by atoms with Gasteiger partial charge in [0.1, 0.15) is 36.7 Å². The molecule has 8 atom stereocenters. The molecule has 9 N–H and O–H groups in total. The molecule has 0 bridgehead atoms. The molecule has 2 saturated heterocycles. The minimum atomic E-state index is -5.16. The number of rotatable bonds is 14. The van der Waals surface area contributed by atoms with Crippen LogP contribution in [0.1, 0.15) is 30.0 Å². The van der Waals surface area contributed by atoms with Crippen LogP contribution in [-0.4, -0.2) is 112 Å². The third kappa shape index (κ3) is 9.30. The molecule has 4 heterocycles. The summed E-state index contributed by atoms with van der Waals surface area (Å²) in [4.78, 5) is 93.5. The van der Waals surface area contributed by atoms with Gasteiger partial charge in [0.15, 0.2) is 6.23 Å². The second kappa shape index (κ2) is 15.2. The lowest BCUT2D eigenvalue weighted by molar-refractivity contribution is -0.120. The van der Waals surface area contributed by atoms with Gasteiger partial charge >= 0.3 is 27.0 Å². The first kappa shape index (κ1) is 37.7. The normalized spacial score (nSPS) is 27.2. The summed E-state index contributed by atoms with van der Waals surface area (Å²) in [6, 6.07) is 0. The van der Waals surface area contributed by atoms with E-state index in [1.807, 2.05) is 9.97 Å². The fraction of sp³-hybridized carbons (Fsp3) is 0.609. The lowest BCUT2D eigenvalue weighted by Gasteiger charge is -2.22. The Morgan fingerprint density at radius 1 is 0.958 bits per heavy atom. The van der Waals surface area contributed by atoms with Gasteiger partial charge in [-0.15, -0.1) is 0 Å². The Balaban J connectivity index is 1.46. The summed E-state index contributed by atoms with van der Waals surface area (Å²) in [6.45, 7) is -0.891. The molecule has 0 saturated carbocycles. The lowest BCUT2D eigenvalue weighted by Crippen LogP contribution is -2.40. The molecule has 1 unspecified atom stereocenters. The summed E-state index contributed by atoms with van der Waals surface area (Å²) in [5.74, 6) is -0.673. The zero-order chi connectivity index (χ0) is 35.6. The zero-order valence-corrected chi connectivity index (χ0v) is 26.6. The summed E-state index contributed by atoms with van der Waals surface area (Å²) in [7, 11) is -10.2. The highest BCUT2D eigenvalue weighted by Gasteiger charge is 2.47. The number of amides is 1. The van der Waals surface area contributed by atoms with E-state index in [1.54, 1.807) is 0 Å². The molecular weight excluding hydrogens is 696 g/mol. The zero-order valence-electron chi connectivity index (χ0n) is 24.8. The molecule has 268 valence electrons. The molecule has 2 aromatic rings. The number of phosphoric ester groups is 2. The van der Waals surface area contributed by atoms with E-state index in [0.29, 0.717) is 4.57 Å². The molecule has 0 spiro atoms. The number of aliphatic hydroxyl groups is 3. The van der Waals surface area contributed by atoms with E-state index in [-0.39, 0.29) is 30.7 Å². The number of aryl methyl sites for hydroxylation is 1. The van der Waals surface area contributed by atoms with Gasteiger partial charge in [0.2, 0.25) is 5.91 Å². The topological polar surface area (TPSA) is 340 Å². The second-order valence-corrected chi connectivity index (χ2v) is 13.3. The maximum Gasteiger partial charge on any atom is 0.472 e. The van der Waals surface area contributed by atoms with E-state index < -0.39 is 107 Å². The van der Waals surface area contributed by atoms with Crippen molar-refractivity contribution >= 4 is 21.6 Å². The van der Waals surface area contributed by atoms with Gasteiger partial charge in [-0.1, -0.05) is 0 Å². The second-order valence-electron chi connectivity index (χ2n) is 10.7. The third-order valence-electron chi connectivity index (χ3n) is 7.15. The number of nitrogens with one attached hydrogen (secondary N) is 3. The third-order valence-corrected chi connectivity index (χ3v) is 8.65. The van der Waals surface area contributed by atoms with Crippen LogP contribution in [0.25, 0.3) is 0 Å². The van der Waals surface area contributed by atoms with Gasteiger partial charge in [0.25, 0.3) is 11.1 Å². The molecule has 2 aliphatic rings. The number of phosphoric acid groups is 2. The van der Waals surface area contributed by atoms with Gasteiger partial charge in [0.05, 0.1) is 26.2 Å². The van der Waals surface area contributed by atoms with Crippen molar-refractivity contribution in [1.82, 2.24) is 24.4 Å². The maximum atomic E-state index is 12.9. The molecule has 0 aromatic carbocycles. The first-order chi connectivity index (χ1) is 22.4. The van der Waals surface area contributed by atoms with E-state index in [0.717, 1.165) is 17.0 Å². The van der Waals surface area contributed by atoms with Crippen LogP contribution in [-0.2, 0) is 43.4 Å². The van der Waals surface area contributed by atoms with Gasteiger partial charge in [-0.25, -0.2) is 18.7 Å². The number of aromatic amines is 2. The molecule has 4 rings (SSSR count). The van der Waals surface area contributed by atoms with Crippen LogP contribution >= 0.6 is 15.6 Å². The number of hydrogen-bond donors (Lipinski definition) is 9. The highest BCUT2D eigenvalue weighted by atomic mass is 31.2. The Kier molecular flexibility index (Phi) is 11.9. The van der Waals surface area contributed by atoms with Crippen molar-refractivity contribution in [2.24, 2.45) is 0 Å². The molecule has 2 fully saturated rings. The molecule has 0 radical (unpaired) electrons. The molecule has 2 aliphatic heterocycles. The van der Waals surface area contributed by atoms with Crippen molar-refractivity contribution in [1.29, 1.82) is 0 Å². The van der Waals surface area contributed by atoms with Gasteiger partial charge in [-0.05, 0) is 6.92 Å². The summed E-state index contributed by atoms with van der Waals surface area (Å²) in [5.41, 5.74) is -3.77. The Morgan fingerprint density at radius 2 is 1.60 bits per heavy atom. The fourth-order valence-electron chi connectivity index (χ4n) is 4.84. The molecule has 1 amide bonds. The summed E-state index contributed by atoms with van der Waals surface area (Å²) in [6.07, 6.45) is -10.0. The minimum absolute atomic E-state index is 0.0984. The number of carbonyl (C=O) groups is 1. The molecular formula is C23H33N5O18P2. The summed E-state index contributed by atoms with van der Waals surface area (Å²) < 4.78 is 51.4. The number of aliphatic hydroxyl groups excluding tert-OH is 3. The van der Waals surface area contributed by atoms with Crippen LogP contribution in [0.15, 0.2) is 31.6 Å². The average molecular weight is 729 g/mol. The molecule has 48 heavy (non-hydrogen) atoms. The largest absolute Gasteiger partial charge is 0.472 e. The van der Waals surface area contributed by atoms with E-state index in [4.69, 9.17) is 33.4 Å². The van der Waals surface area contributed by atoms with Crippen molar-refractivity contribution in [2.45, 2.75) is 62.7 Å². The summed E-state index contributed by atoms with van der Waals surface area (Å²) in [5, 5.41) is 32.3. The van der Waals surface area contributed by atoms with Crippen LogP contribution in [0, 0.1) is 6.92 Å². The SMILES string of the molecule is Cc1cn([C@H]2C[C@H](OP(=O)(O)OC[C@H]3O[C@@H](n4cc(CC(=O)NCCO)c(=O)[nH]c4=O)[C@H](O)[C@@H]3O)[C@@H](COP(=O)(O)O)O2)c(=O)[nH]c1=O. The average Bonchev–Trinajstić information content (AvgIpc) is 3.51. The Bertz CT molecular complexity index is 1820. The lowest BCUT2D eigenvalue weighted by atomic mass is 10.1. The Hall–Kier alpha value is -3.15. The number of nitrogens with zero attached hydrogens (tertiary/aromatic N) is 2. The number of hydrogen-bond acceptors (Lipinski definition) is 15. The quantitative estimate of drug-likeness (QED) is 0.0828. The van der Waals surface area contributed by atoms with Crippen LogP contribution in [0.5, 0.6) is 0 Å².